The van der Waals surface area contributed by atoms with Gasteiger partial charge >= 0.3 is 0 Å². The molecule has 0 spiro atoms. The van der Waals surface area contributed by atoms with E-state index in [0.717, 1.165) is 44.6 Å². The van der Waals surface area contributed by atoms with Crippen molar-refractivity contribution in [2.24, 2.45) is 0 Å². The number of nitrogens with zero attached hydrogens (tertiary/aromatic N) is 4. The molecule has 0 N–H and O–H groups in total. The van der Waals surface area contributed by atoms with Gasteiger partial charge in [0.25, 0.3) is 0 Å². The predicted molar refractivity (Wildman–Crippen MR) is 233 cm³/mol. The van der Waals surface area contributed by atoms with Gasteiger partial charge in [-0.2, -0.15) is 0 Å². The highest BCUT2D eigenvalue weighted by Gasteiger charge is 2.20. The summed E-state index contributed by atoms with van der Waals surface area (Å²) in [5, 5.41) is 0. The molecule has 0 atom stereocenters. The molecule has 0 fully saturated rings. The van der Waals surface area contributed by atoms with Crippen molar-refractivity contribution in [3.05, 3.63) is 184 Å². The highest BCUT2D eigenvalue weighted by atomic mass is 127. The molecular weight excluding hydrogens is 771 g/mol. The minimum absolute atomic E-state index is 0.323. The lowest BCUT2D eigenvalue weighted by atomic mass is 9.90. The number of halogens is 1. The summed E-state index contributed by atoms with van der Waals surface area (Å²) in [7, 11) is 0. The third-order valence-corrected chi connectivity index (χ3v) is 12.0. The van der Waals surface area contributed by atoms with Crippen LogP contribution >= 0.6 is 20.7 Å². The lowest BCUT2D eigenvalue weighted by Gasteiger charge is -2.20. The van der Waals surface area contributed by atoms with Gasteiger partial charge in [0, 0.05) is 27.8 Å². The van der Waals surface area contributed by atoms with Crippen LogP contribution in [0.3, 0.4) is 0 Å². The number of pyridine rings is 1. The lowest BCUT2D eigenvalue weighted by Crippen LogP contribution is -2.03. The first kappa shape index (κ1) is 33.6. The molecule has 0 bridgehead atoms. The molecule has 54 heavy (non-hydrogen) atoms. The van der Waals surface area contributed by atoms with E-state index in [1.54, 1.807) is 0 Å². The molecule has 258 valence electrons. The Kier molecular flexibility index (Phi) is 9.15. The maximum atomic E-state index is 5.34. The van der Waals surface area contributed by atoms with Crippen LogP contribution in [0.5, 0.6) is 0 Å². The molecule has 5 heteroatoms. The fraction of sp³-hybridized carbons (Fsp3) is 0.0408. The molecule has 0 saturated heterocycles. The van der Waals surface area contributed by atoms with E-state index in [1.165, 1.54) is 37.1 Å². The van der Waals surface area contributed by atoms with Crippen molar-refractivity contribution in [3.8, 4) is 78.8 Å². The van der Waals surface area contributed by atoms with Gasteiger partial charge in [-0.1, -0.05) is 178 Å². The molecule has 4 nitrogen and oxygen atoms in total. The Morgan fingerprint density at radius 1 is 0.426 bits per heavy atom. The maximum absolute atomic E-state index is 5.34. The Hall–Kier alpha value is -6.18. The van der Waals surface area contributed by atoms with Gasteiger partial charge in [-0.15, -0.1) is 0 Å². The standard InChI is InChI=1S/C49H35IN4/c1-32-14-9-10-23-42(32)44-33(2)45(51-46-43(44)24-13-29-50-46)40-21-11-19-38(30-40)39-20-12-22-41(31-39)49-53-47(36-17-7-4-8-18-36)52-48(54-49)37-27-25-35(26-28-37)34-15-5-3-6-16-34/h3-31H,1-2H3. The fourth-order valence-electron chi connectivity index (χ4n) is 7.09. The van der Waals surface area contributed by atoms with Gasteiger partial charge in [-0.05, 0) is 74.5 Å². The van der Waals surface area contributed by atoms with Crippen molar-refractivity contribution in [1.29, 1.82) is 0 Å². The Bertz CT molecular complexity index is 2720. The molecule has 0 saturated carbocycles. The summed E-state index contributed by atoms with van der Waals surface area (Å²) in [6.07, 6.45) is 4.44. The number of hydrogen-bond acceptors (Lipinski definition) is 4. The topological polar surface area (TPSA) is 51.6 Å². The van der Waals surface area contributed by atoms with Crippen LogP contribution in [0.15, 0.2) is 164 Å². The molecule has 2 aromatic heterocycles. The third kappa shape index (κ3) is 6.63. The van der Waals surface area contributed by atoms with E-state index in [1.807, 2.05) is 36.4 Å². The Balaban J connectivity index is 1.12. The van der Waals surface area contributed by atoms with Crippen LogP contribution in [0, 0.1) is 17.5 Å². The maximum Gasteiger partial charge on any atom is 0.164 e. The van der Waals surface area contributed by atoms with E-state index < -0.39 is 0 Å². The first-order valence-electron chi connectivity index (χ1n) is 18.0. The third-order valence-electron chi connectivity index (χ3n) is 9.86. The number of allylic oxidation sites excluding steroid dienone is 1. The molecule has 3 heterocycles. The van der Waals surface area contributed by atoms with Gasteiger partial charge < -0.3 is 0 Å². The normalized spacial score (nSPS) is 11.9. The molecule has 6 aromatic carbocycles. The van der Waals surface area contributed by atoms with E-state index in [-0.39, 0.29) is 20.7 Å². The van der Waals surface area contributed by atoms with E-state index >= 15 is 0 Å². The summed E-state index contributed by atoms with van der Waals surface area (Å²) >= 11 is -0.323. The number of hydrogen-bond donors (Lipinski definition) is 0. The van der Waals surface area contributed by atoms with Gasteiger partial charge in [0.15, 0.2) is 17.5 Å². The second-order valence-electron chi connectivity index (χ2n) is 13.4. The van der Waals surface area contributed by atoms with Crippen molar-refractivity contribution in [2.75, 3.05) is 0 Å². The summed E-state index contributed by atoms with van der Waals surface area (Å²) in [6.45, 7) is 4.42. The van der Waals surface area contributed by atoms with Crippen LogP contribution < -0.4 is 0 Å². The zero-order chi connectivity index (χ0) is 36.4. The molecular formula is C49H35IN4. The first-order valence-corrected chi connectivity index (χ1v) is 20.3. The fourth-order valence-corrected chi connectivity index (χ4v) is 9.01. The lowest BCUT2D eigenvalue weighted by molar-refractivity contribution is 1.07. The van der Waals surface area contributed by atoms with E-state index in [4.69, 9.17) is 19.9 Å². The minimum atomic E-state index is -0.323. The van der Waals surface area contributed by atoms with E-state index in [0.29, 0.717) is 17.5 Å². The summed E-state index contributed by atoms with van der Waals surface area (Å²) < 4.78 is 3.52. The molecule has 0 unspecified atom stereocenters. The Morgan fingerprint density at radius 3 is 1.61 bits per heavy atom. The Labute approximate surface area is 325 Å². The quantitative estimate of drug-likeness (QED) is 0.119. The molecule has 0 amide bonds. The summed E-state index contributed by atoms with van der Waals surface area (Å²) in [4.78, 5) is 20.4. The molecule has 1 aliphatic heterocycles. The van der Waals surface area contributed by atoms with Crippen molar-refractivity contribution >= 4 is 30.8 Å². The predicted octanol–water partition coefficient (Wildman–Crippen LogP) is 12.5. The van der Waals surface area contributed by atoms with Gasteiger partial charge in [0.05, 0.1) is 5.69 Å². The number of benzene rings is 6. The van der Waals surface area contributed by atoms with Crippen LogP contribution in [0.1, 0.15) is 16.7 Å². The minimum Gasteiger partial charge on any atom is -0.241 e. The monoisotopic (exact) mass is 806 g/mol. The van der Waals surface area contributed by atoms with Crippen molar-refractivity contribution < 1.29 is 0 Å². The highest BCUT2D eigenvalue weighted by Crippen LogP contribution is 2.40. The first-order chi connectivity index (χ1) is 26.6. The average Bonchev–Trinajstić information content (AvgIpc) is 3.24. The summed E-state index contributed by atoms with van der Waals surface area (Å²) in [6, 6.07) is 54.9. The van der Waals surface area contributed by atoms with Crippen LogP contribution in [0.25, 0.3) is 84.9 Å². The number of rotatable bonds is 7. The van der Waals surface area contributed by atoms with Crippen LogP contribution in [0.4, 0.5) is 0 Å². The van der Waals surface area contributed by atoms with E-state index in [9.17, 15) is 0 Å². The molecule has 1 aliphatic rings. The molecule has 8 aromatic rings. The second-order valence-corrected chi connectivity index (χ2v) is 15.7. The van der Waals surface area contributed by atoms with Crippen molar-refractivity contribution in [2.45, 2.75) is 13.8 Å². The van der Waals surface area contributed by atoms with Gasteiger partial charge in [0.2, 0.25) is 0 Å². The Morgan fingerprint density at radius 2 is 0.926 bits per heavy atom. The zero-order valence-electron chi connectivity index (χ0n) is 29.9. The summed E-state index contributed by atoms with van der Waals surface area (Å²) in [5.41, 5.74) is 15.8. The average molecular weight is 807 g/mol. The van der Waals surface area contributed by atoms with Gasteiger partial charge in [-0.3, -0.25) is 0 Å². The van der Waals surface area contributed by atoms with Crippen molar-refractivity contribution in [1.82, 2.24) is 19.9 Å². The van der Waals surface area contributed by atoms with Crippen molar-refractivity contribution in [3.63, 3.8) is 0 Å². The smallest absolute Gasteiger partial charge is 0.164 e. The second kappa shape index (κ2) is 14.7. The SMILES string of the molecule is Cc1ccccc1-c1c(C)c(-c2cccc(-c3cccc(-c4nc(-c5ccccc5)nc(-c5ccc(-c6ccccc6)cc5)n4)c3)c2)nc2c1C=CC=I2. The number of fused-ring (bicyclic) bond motifs is 1. The largest absolute Gasteiger partial charge is 0.241 e. The van der Waals surface area contributed by atoms with Gasteiger partial charge in [-0.25, -0.2) is 19.9 Å². The zero-order valence-corrected chi connectivity index (χ0v) is 32.1. The number of aryl methyl sites for hydroxylation is 1. The summed E-state index contributed by atoms with van der Waals surface area (Å²) in [5.74, 6) is 1.91. The van der Waals surface area contributed by atoms with Crippen LogP contribution in [-0.2, 0) is 0 Å². The van der Waals surface area contributed by atoms with Crippen LogP contribution in [0.2, 0.25) is 0 Å². The van der Waals surface area contributed by atoms with Gasteiger partial charge in [0.1, 0.15) is 3.70 Å². The molecule has 0 radical (unpaired) electrons. The molecule has 0 aliphatic carbocycles. The molecule has 9 rings (SSSR count). The van der Waals surface area contributed by atoms with Crippen LogP contribution in [-0.4, -0.2) is 23.9 Å². The highest BCUT2D eigenvalue weighted by molar-refractivity contribution is 14.2. The number of aromatic nitrogens is 4. The van der Waals surface area contributed by atoms with E-state index in [2.05, 4.69) is 151 Å².